The van der Waals surface area contributed by atoms with Crippen molar-refractivity contribution in [1.82, 2.24) is 0 Å². The standard InChI is InChI=1S/C16H12F2O4S/c1-9(16(19)20)6-10-7-13(17)15(14(18)8-10)22-11-2-4-12(23-21)5-3-11/h2-8,21H,1H3,(H,19,20)/b9-6+. The van der Waals surface area contributed by atoms with E-state index in [-0.39, 0.29) is 16.9 Å². The summed E-state index contributed by atoms with van der Waals surface area (Å²) in [7, 11) is 0. The third-order valence-electron chi connectivity index (χ3n) is 2.89. The van der Waals surface area contributed by atoms with Gasteiger partial charge >= 0.3 is 5.97 Å². The van der Waals surface area contributed by atoms with Crippen LogP contribution in [0.15, 0.2) is 46.9 Å². The van der Waals surface area contributed by atoms with Gasteiger partial charge in [-0.1, -0.05) is 0 Å². The SMILES string of the molecule is C/C(=C\c1cc(F)c(Oc2ccc(SO)cc2)c(F)c1)C(=O)O. The maximum absolute atomic E-state index is 14.0. The summed E-state index contributed by atoms with van der Waals surface area (Å²) in [6, 6.07) is 7.96. The van der Waals surface area contributed by atoms with Crippen LogP contribution in [0.1, 0.15) is 12.5 Å². The molecule has 0 fully saturated rings. The summed E-state index contributed by atoms with van der Waals surface area (Å²) in [5, 5.41) is 8.77. The van der Waals surface area contributed by atoms with E-state index in [0.717, 1.165) is 18.2 Å². The minimum atomic E-state index is -1.17. The van der Waals surface area contributed by atoms with Gasteiger partial charge in [-0.3, -0.25) is 0 Å². The first-order valence-electron chi connectivity index (χ1n) is 6.40. The number of hydrogen-bond acceptors (Lipinski definition) is 4. The zero-order chi connectivity index (χ0) is 17.0. The van der Waals surface area contributed by atoms with Crippen molar-refractivity contribution >= 4 is 24.1 Å². The Morgan fingerprint density at radius 1 is 1.17 bits per heavy atom. The van der Waals surface area contributed by atoms with Crippen LogP contribution in [0.25, 0.3) is 6.08 Å². The maximum atomic E-state index is 14.0. The zero-order valence-electron chi connectivity index (χ0n) is 11.9. The number of rotatable bonds is 5. The number of ether oxygens (including phenoxy) is 1. The molecule has 0 unspecified atom stereocenters. The van der Waals surface area contributed by atoms with E-state index < -0.39 is 23.4 Å². The molecular formula is C16H12F2O4S. The highest BCUT2D eigenvalue weighted by molar-refractivity contribution is 7.93. The first-order chi connectivity index (χ1) is 10.9. The molecule has 0 bridgehead atoms. The van der Waals surface area contributed by atoms with Gasteiger partial charge in [-0.25, -0.2) is 13.6 Å². The zero-order valence-corrected chi connectivity index (χ0v) is 12.7. The van der Waals surface area contributed by atoms with Crippen molar-refractivity contribution in [2.24, 2.45) is 0 Å². The van der Waals surface area contributed by atoms with E-state index in [1.165, 1.54) is 31.2 Å². The van der Waals surface area contributed by atoms with Crippen molar-refractivity contribution in [2.45, 2.75) is 11.8 Å². The number of carboxylic acids is 1. The van der Waals surface area contributed by atoms with E-state index in [4.69, 9.17) is 14.4 Å². The fourth-order valence-electron chi connectivity index (χ4n) is 1.76. The molecule has 0 atom stereocenters. The third-order valence-corrected chi connectivity index (χ3v) is 3.37. The second-order valence-corrected chi connectivity index (χ2v) is 5.26. The lowest BCUT2D eigenvalue weighted by atomic mass is 10.1. The number of halogens is 2. The molecule has 0 saturated heterocycles. The van der Waals surface area contributed by atoms with Crippen molar-refractivity contribution in [3.63, 3.8) is 0 Å². The Hall–Kier alpha value is -2.38. The van der Waals surface area contributed by atoms with Crippen molar-refractivity contribution < 1.29 is 28.0 Å². The van der Waals surface area contributed by atoms with Gasteiger partial charge in [0.25, 0.3) is 0 Å². The van der Waals surface area contributed by atoms with E-state index in [2.05, 4.69) is 0 Å². The van der Waals surface area contributed by atoms with Crippen molar-refractivity contribution in [2.75, 3.05) is 0 Å². The lowest BCUT2D eigenvalue weighted by Gasteiger charge is -2.09. The van der Waals surface area contributed by atoms with Crippen LogP contribution in [0.3, 0.4) is 0 Å². The maximum Gasteiger partial charge on any atom is 0.331 e. The number of carbonyl (C=O) groups is 1. The molecule has 2 aromatic carbocycles. The van der Waals surface area contributed by atoms with Gasteiger partial charge in [0.1, 0.15) is 5.75 Å². The van der Waals surface area contributed by atoms with Crippen LogP contribution in [0.2, 0.25) is 0 Å². The first-order valence-corrected chi connectivity index (χ1v) is 7.18. The van der Waals surface area contributed by atoms with Gasteiger partial charge in [0.15, 0.2) is 17.4 Å². The molecule has 0 radical (unpaired) electrons. The highest BCUT2D eigenvalue weighted by Crippen LogP contribution is 2.30. The van der Waals surface area contributed by atoms with Crippen LogP contribution < -0.4 is 4.74 Å². The highest BCUT2D eigenvalue weighted by atomic mass is 32.2. The molecule has 23 heavy (non-hydrogen) atoms. The number of aliphatic carboxylic acids is 1. The summed E-state index contributed by atoms with van der Waals surface area (Å²) in [5.74, 6) is -3.46. The Balaban J connectivity index is 2.29. The van der Waals surface area contributed by atoms with Crippen LogP contribution >= 0.6 is 12.0 Å². The Bertz CT molecular complexity index is 734. The molecule has 4 nitrogen and oxygen atoms in total. The van der Waals surface area contributed by atoms with Crippen molar-refractivity contribution in [3.8, 4) is 11.5 Å². The average molecular weight is 338 g/mol. The van der Waals surface area contributed by atoms with Gasteiger partial charge in [0.05, 0.1) is 0 Å². The van der Waals surface area contributed by atoms with Gasteiger partial charge < -0.3 is 14.4 Å². The average Bonchev–Trinajstić information content (AvgIpc) is 2.51. The van der Waals surface area contributed by atoms with Gasteiger partial charge in [-0.2, -0.15) is 0 Å². The van der Waals surface area contributed by atoms with Crippen LogP contribution in [0, 0.1) is 11.6 Å². The minimum absolute atomic E-state index is 0.0467. The van der Waals surface area contributed by atoms with Crippen LogP contribution in [0.4, 0.5) is 8.78 Å². The molecule has 0 amide bonds. The Kier molecular flexibility index (Phi) is 5.36. The summed E-state index contributed by atoms with van der Waals surface area (Å²) < 4.78 is 42.0. The summed E-state index contributed by atoms with van der Waals surface area (Å²) in [6.07, 6.45) is 1.16. The Labute approximate surface area is 135 Å². The number of carboxylic acid groups (broad SMARTS) is 1. The quantitative estimate of drug-likeness (QED) is 0.605. The molecule has 0 aliphatic carbocycles. The van der Waals surface area contributed by atoms with Crippen LogP contribution in [0.5, 0.6) is 11.5 Å². The van der Waals surface area contributed by atoms with E-state index in [1.807, 2.05) is 0 Å². The smallest absolute Gasteiger partial charge is 0.331 e. The van der Waals surface area contributed by atoms with Crippen molar-refractivity contribution in [1.29, 1.82) is 0 Å². The molecule has 0 saturated carbocycles. The lowest BCUT2D eigenvalue weighted by Crippen LogP contribution is -1.97. The van der Waals surface area contributed by atoms with E-state index in [1.54, 1.807) is 0 Å². The molecule has 0 aliphatic rings. The molecule has 120 valence electrons. The molecule has 2 N–H and O–H groups in total. The number of hydrogen-bond donors (Lipinski definition) is 2. The van der Waals surface area contributed by atoms with E-state index >= 15 is 0 Å². The van der Waals surface area contributed by atoms with Gasteiger partial charge in [-0.15, -0.1) is 0 Å². The predicted molar refractivity (Wildman–Crippen MR) is 82.6 cm³/mol. The van der Waals surface area contributed by atoms with Crippen LogP contribution in [-0.2, 0) is 4.79 Å². The van der Waals surface area contributed by atoms with Gasteiger partial charge in [0.2, 0.25) is 0 Å². The summed E-state index contributed by atoms with van der Waals surface area (Å²) in [6.45, 7) is 1.32. The Morgan fingerprint density at radius 2 is 1.74 bits per heavy atom. The first kappa shape index (κ1) is 17.0. The van der Waals surface area contributed by atoms with Crippen molar-refractivity contribution in [3.05, 3.63) is 59.2 Å². The fourth-order valence-corrected chi connectivity index (χ4v) is 2.02. The largest absolute Gasteiger partial charge is 0.478 e. The van der Waals surface area contributed by atoms with Gasteiger partial charge in [0, 0.05) is 22.5 Å². The van der Waals surface area contributed by atoms with Gasteiger partial charge in [-0.05, 0) is 55.0 Å². The normalized spacial score (nSPS) is 11.4. The van der Waals surface area contributed by atoms with E-state index in [9.17, 15) is 13.6 Å². The predicted octanol–water partition coefficient (Wildman–Crippen LogP) is 4.81. The summed E-state index contributed by atoms with van der Waals surface area (Å²) >= 11 is 0.542. The Morgan fingerprint density at radius 3 is 2.22 bits per heavy atom. The van der Waals surface area contributed by atoms with Crippen LogP contribution in [-0.4, -0.2) is 15.6 Å². The molecule has 2 rings (SSSR count). The molecule has 0 spiro atoms. The monoisotopic (exact) mass is 338 g/mol. The highest BCUT2D eigenvalue weighted by Gasteiger charge is 2.14. The molecule has 0 aromatic heterocycles. The number of benzene rings is 2. The third kappa shape index (κ3) is 4.30. The lowest BCUT2D eigenvalue weighted by molar-refractivity contribution is -0.132. The van der Waals surface area contributed by atoms with E-state index in [0.29, 0.717) is 16.9 Å². The summed E-state index contributed by atoms with van der Waals surface area (Å²) in [5.41, 5.74) is 0.0360. The minimum Gasteiger partial charge on any atom is -0.478 e. The summed E-state index contributed by atoms with van der Waals surface area (Å²) in [4.78, 5) is 11.3. The fraction of sp³-hybridized carbons (Fsp3) is 0.0625. The topological polar surface area (TPSA) is 66.8 Å². The molecule has 2 aromatic rings. The second-order valence-electron chi connectivity index (χ2n) is 4.61. The second kappa shape index (κ2) is 7.26. The molecular weight excluding hydrogens is 326 g/mol. The molecule has 0 aliphatic heterocycles. The molecule has 0 heterocycles. The molecule has 7 heteroatoms.